The molecule has 1 aromatic rings. The van der Waals surface area contributed by atoms with Gasteiger partial charge in [-0.05, 0) is 37.7 Å². The van der Waals surface area contributed by atoms with Crippen LogP contribution in [0.2, 0.25) is 0 Å². The molecule has 1 saturated heterocycles. The highest BCUT2D eigenvalue weighted by atomic mass is 15.3. The molecule has 3 rings (SSSR count). The first kappa shape index (κ1) is 14.1. The third kappa shape index (κ3) is 2.64. The van der Waals surface area contributed by atoms with Crippen LogP contribution in [0.25, 0.3) is 0 Å². The van der Waals surface area contributed by atoms with Crippen LogP contribution in [0.5, 0.6) is 0 Å². The Hall–Kier alpha value is -0.860. The molecule has 1 heterocycles. The van der Waals surface area contributed by atoms with E-state index in [1.165, 1.54) is 31.4 Å². The summed E-state index contributed by atoms with van der Waals surface area (Å²) in [4.78, 5) is 2.71. The molecule has 0 aromatic heterocycles. The lowest BCUT2D eigenvalue weighted by molar-refractivity contribution is 0.0210. The van der Waals surface area contributed by atoms with Crippen LogP contribution >= 0.6 is 0 Å². The first-order valence-corrected chi connectivity index (χ1v) is 8.05. The van der Waals surface area contributed by atoms with E-state index in [9.17, 15) is 0 Å². The van der Waals surface area contributed by atoms with Gasteiger partial charge in [-0.2, -0.15) is 0 Å². The van der Waals surface area contributed by atoms with Crippen molar-refractivity contribution in [3.05, 3.63) is 35.9 Å². The van der Waals surface area contributed by atoms with E-state index < -0.39 is 0 Å². The average Bonchev–Trinajstić information content (AvgIpc) is 2.42. The Balaban J connectivity index is 1.75. The largest absolute Gasteiger partial charge is 0.305 e. The maximum Gasteiger partial charge on any atom is 0.0535 e. The molecule has 110 valence electrons. The minimum Gasteiger partial charge on any atom is -0.305 e. The lowest BCUT2D eigenvalue weighted by atomic mass is 9.69. The highest BCUT2D eigenvalue weighted by Gasteiger charge is 2.40. The van der Waals surface area contributed by atoms with E-state index in [4.69, 9.17) is 0 Å². The molecular weight excluding hydrogens is 244 g/mol. The number of nitrogens with one attached hydrogen (secondary N) is 1. The summed E-state index contributed by atoms with van der Waals surface area (Å²) in [7, 11) is 0. The average molecular weight is 272 g/mol. The molecular formula is C18H28N2. The number of piperazine rings is 1. The predicted octanol–water partition coefficient (Wildman–Crippen LogP) is 3.39. The summed E-state index contributed by atoms with van der Waals surface area (Å²) in [6.07, 6.45) is 4.24. The van der Waals surface area contributed by atoms with Crippen LogP contribution in [0.1, 0.15) is 45.6 Å². The van der Waals surface area contributed by atoms with Crippen LogP contribution in [0.15, 0.2) is 30.3 Å². The second-order valence-corrected chi connectivity index (χ2v) is 7.50. The summed E-state index contributed by atoms with van der Waals surface area (Å²) in [5.41, 5.74) is 2.08. The van der Waals surface area contributed by atoms with Crippen molar-refractivity contribution >= 4 is 0 Å². The Bertz CT molecular complexity index is 452. The van der Waals surface area contributed by atoms with E-state index >= 15 is 0 Å². The number of nitrogens with zero attached hydrogens (tertiary/aromatic N) is 1. The molecule has 1 aliphatic heterocycles. The van der Waals surface area contributed by atoms with E-state index in [0.717, 1.165) is 13.1 Å². The van der Waals surface area contributed by atoms with Crippen molar-refractivity contribution < 1.29 is 0 Å². The summed E-state index contributed by atoms with van der Waals surface area (Å²) in [6.45, 7) is 10.6. The maximum atomic E-state index is 3.77. The Kier molecular flexibility index (Phi) is 3.64. The lowest BCUT2D eigenvalue weighted by Gasteiger charge is -2.50. The summed E-state index contributed by atoms with van der Waals surface area (Å²) in [5, 5.41) is 3.77. The summed E-state index contributed by atoms with van der Waals surface area (Å²) in [5.74, 6) is 0. The molecule has 0 amide bonds. The van der Waals surface area contributed by atoms with Gasteiger partial charge in [-0.15, -0.1) is 0 Å². The van der Waals surface area contributed by atoms with Crippen LogP contribution in [0.3, 0.4) is 0 Å². The summed E-state index contributed by atoms with van der Waals surface area (Å²) >= 11 is 0. The minimum atomic E-state index is 0.0911. The van der Waals surface area contributed by atoms with Gasteiger partial charge in [-0.25, -0.2) is 0 Å². The quantitative estimate of drug-likeness (QED) is 0.907. The first-order chi connectivity index (χ1) is 9.51. The van der Waals surface area contributed by atoms with Gasteiger partial charge >= 0.3 is 0 Å². The monoisotopic (exact) mass is 272 g/mol. The molecule has 0 bridgehead atoms. The number of rotatable bonds is 3. The SMILES string of the molecule is CC1CNC(C)(c2ccccc2)CN1CC1(C)CCC1. The number of benzene rings is 1. The molecule has 0 radical (unpaired) electrons. The molecule has 2 aliphatic rings. The topological polar surface area (TPSA) is 15.3 Å². The van der Waals surface area contributed by atoms with Gasteiger partial charge in [0.25, 0.3) is 0 Å². The third-order valence-electron chi connectivity index (χ3n) is 5.49. The van der Waals surface area contributed by atoms with Crippen LogP contribution in [0, 0.1) is 5.41 Å². The van der Waals surface area contributed by atoms with Gasteiger partial charge < -0.3 is 5.32 Å². The van der Waals surface area contributed by atoms with Crippen molar-refractivity contribution in [1.82, 2.24) is 10.2 Å². The molecule has 1 aromatic carbocycles. The van der Waals surface area contributed by atoms with Gasteiger partial charge in [0.15, 0.2) is 0 Å². The second-order valence-electron chi connectivity index (χ2n) is 7.50. The Morgan fingerprint density at radius 1 is 1.20 bits per heavy atom. The maximum absolute atomic E-state index is 3.77. The van der Waals surface area contributed by atoms with Gasteiger partial charge in [-0.3, -0.25) is 4.90 Å². The van der Waals surface area contributed by atoms with Crippen molar-refractivity contribution in [3.8, 4) is 0 Å². The molecule has 2 heteroatoms. The summed E-state index contributed by atoms with van der Waals surface area (Å²) in [6, 6.07) is 11.6. The molecule has 1 N–H and O–H groups in total. The van der Waals surface area contributed by atoms with Crippen LogP contribution < -0.4 is 5.32 Å². The fourth-order valence-corrected chi connectivity index (χ4v) is 3.76. The number of hydrogen-bond acceptors (Lipinski definition) is 2. The van der Waals surface area contributed by atoms with Crippen LogP contribution in [-0.4, -0.2) is 30.6 Å². The van der Waals surface area contributed by atoms with Gasteiger partial charge in [0.1, 0.15) is 0 Å². The van der Waals surface area contributed by atoms with Crippen molar-refractivity contribution in [3.63, 3.8) is 0 Å². The van der Waals surface area contributed by atoms with E-state index in [0.29, 0.717) is 11.5 Å². The standard InChI is InChI=1S/C18H28N2/c1-15-12-19-18(3,16-8-5-4-6-9-16)14-20(15)13-17(2)10-7-11-17/h4-6,8-9,15,19H,7,10-14H2,1-3H3. The van der Waals surface area contributed by atoms with E-state index in [2.05, 4.69) is 61.3 Å². The number of hydrogen-bond donors (Lipinski definition) is 1. The van der Waals surface area contributed by atoms with Crippen molar-refractivity contribution in [2.45, 2.75) is 51.6 Å². The van der Waals surface area contributed by atoms with Crippen molar-refractivity contribution in [1.29, 1.82) is 0 Å². The van der Waals surface area contributed by atoms with Gasteiger partial charge in [0.2, 0.25) is 0 Å². The molecule has 2 atom stereocenters. The molecule has 2 fully saturated rings. The molecule has 2 nitrogen and oxygen atoms in total. The van der Waals surface area contributed by atoms with Crippen LogP contribution in [-0.2, 0) is 5.54 Å². The van der Waals surface area contributed by atoms with E-state index in [1.54, 1.807) is 0 Å². The molecule has 1 aliphatic carbocycles. The zero-order valence-electron chi connectivity index (χ0n) is 13.2. The highest BCUT2D eigenvalue weighted by molar-refractivity contribution is 5.25. The molecule has 0 spiro atoms. The van der Waals surface area contributed by atoms with E-state index in [1.807, 2.05) is 0 Å². The fourth-order valence-electron chi connectivity index (χ4n) is 3.76. The Morgan fingerprint density at radius 2 is 1.90 bits per heavy atom. The van der Waals surface area contributed by atoms with Crippen molar-refractivity contribution in [2.24, 2.45) is 5.41 Å². The highest BCUT2D eigenvalue weighted by Crippen LogP contribution is 2.42. The Labute approximate surface area is 123 Å². The molecule has 2 unspecified atom stereocenters. The molecule has 20 heavy (non-hydrogen) atoms. The van der Waals surface area contributed by atoms with Crippen LogP contribution in [0.4, 0.5) is 0 Å². The third-order valence-corrected chi connectivity index (χ3v) is 5.49. The predicted molar refractivity (Wildman–Crippen MR) is 84.8 cm³/mol. The lowest BCUT2D eigenvalue weighted by Crippen LogP contribution is -2.62. The zero-order valence-corrected chi connectivity index (χ0v) is 13.2. The Morgan fingerprint density at radius 3 is 2.50 bits per heavy atom. The van der Waals surface area contributed by atoms with Gasteiger partial charge in [0.05, 0.1) is 5.54 Å². The van der Waals surface area contributed by atoms with Gasteiger partial charge in [0, 0.05) is 25.7 Å². The normalized spacial score (nSPS) is 33.6. The van der Waals surface area contributed by atoms with Crippen molar-refractivity contribution in [2.75, 3.05) is 19.6 Å². The smallest absolute Gasteiger partial charge is 0.0535 e. The first-order valence-electron chi connectivity index (χ1n) is 8.05. The summed E-state index contributed by atoms with van der Waals surface area (Å²) < 4.78 is 0. The van der Waals surface area contributed by atoms with Gasteiger partial charge in [-0.1, -0.05) is 43.7 Å². The fraction of sp³-hybridized carbons (Fsp3) is 0.667. The van der Waals surface area contributed by atoms with E-state index in [-0.39, 0.29) is 5.54 Å². The second kappa shape index (κ2) is 5.16. The minimum absolute atomic E-state index is 0.0911. The molecule has 1 saturated carbocycles. The zero-order chi connectivity index (χ0) is 14.2.